The predicted octanol–water partition coefficient (Wildman–Crippen LogP) is 15.6. The third-order valence-electron chi connectivity index (χ3n) is 12.1. The highest BCUT2D eigenvalue weighted by Crippen LogP contribution is 2.47. The second-order valence-corrected chi connectivity index (χ2v) is 15.3. The van der Waals surface area contributed by atoms with E-state index in [4.69, 9.17) is 0 Å². The fraction of sp³-hybridized carbons (Fsp3) is 0. The van der Waals surface area contributed by atoms with Gasteiger partial charge in [0.25, 0.3) is 0 Å². The second kappa shape index (κ2) is 12.5. The Morgan fingerprint density at radius 2 is 0.737 bits per heavy atom. The topological polar surface area (TPSA) is 4.93 Å². The smallest absolute Gasteiger partial charge is 0.0626 e. The van der Waals surface area contributed by atoms with Gasteiger partial charge in [0.1, 0.15) is 0 Å². The van der Waals surface area contributed by atoms with Crippen LogP contribution in [-0.2, 0) is 0 Å². The Kier molecular flexibility index (Phi) is 7.00. The van der Waals surface area contributed by atoms with E-state index in [1.54, 1.807) is 0 Å². The first kappa shape index (κ1) is 31.8. The molecule has 11 aromatic carbocycles. The molecule has 0 fully saturated rings. The van der Waals surface area contributed by atoms with Crippen molar-refractivity contribution in [1.29, 1.82) is 0 Å². The van der Waals surface area contributed by atoms with Gasteiger partial charge in [-0.1, -0.05) is 176 Å². The number of fused-ring (bicyclic) bond motifs is 12. The van der Waals surface area contributed by atoms with E-state index in [2.05, 4.69) is 217 Å². The minimum atomic E-state index is 1.16. The summed E-state index contributed by atoms with van der Waals surface area (Å²) in [5.74, 6) is 0. The van der Waals surface area contributed by atoms with E-state index < -0.39 is 0 Å². The molecule has 264 valence electrons. The normalized spacial score (nSPS) is 11.9. The molecule has 0 saturated heterocycles. The molecule has 0 atom stereocenters. The highest BCUT2D eigenvalue weighted by molar-refractivity contribution is 6.38. The Morgan fingerprint density at radius 1 is 0.263 bits per heavy atom. The van der Waals surface area contributed by atoms with Crippen molar-refractivity contribution in [2.75, 3.05) is 0 Å². The Hall–Kier alpha value is -7.48. The van der Waals surface area contributed by atoms with E-state index in [0.29, 0.717) is 0 Å². The van der Waals surface area contributed by atoms with E-state index in [1.165, 1.54) is 109 Å². The molecular weight excluding hydrogens is 687 g/mol. The number of hydrogen-bond donors (Lipinski definition) is 0. The molecule has 0 radical (unpaired) electrons. The zero-order chi connectivity index (χ0) is 37.5. The Morgan fingerprint density at radius 3 is 1.39 bits per heavy atom. The summed E-state index contributed by atoms with van der Waals surface area (Å²) in [6.45, 7) is 0. The summed E-state index contributed by atoms with van der Waals surface area (Å²) in [6, 6.07) is 78.3. The summed E-state index contributed by atoms with van der Waals surface area (Å²) in [4.78, 5) is 0. The van der Waals surface area contributed by atoms with Crippen LogP contribution in [0.3, 0.4) is 0 Å². The predicted molar refractivity (Wildman–Crippen MR) is 245 cm³/mol. The van der Waals surface area contributed by atoms with Crippen molar-refractivity contribution in [3.8, 4) is 39.1 Å². The third kappa shape index (κ3) is 4.96. The average molecular weight is 722 g/mol. The molecule has 0 aliphatic carbocycles. The number of aromatic nitrogens is 1. The summed E-state index contributed by atoms with van der Waals surface area (Å²) in [5.41, 5.74) is 11.0. The second-order valence-electron chi connectivity index (χ2n) is 15.3. The number of para-hydroxylation sites is 1. The molecule has 57 heavy (non-hydrogen) atoms. The molecule has 0 aliphatic heterocycles. The van der Waals surface area contributed by atoms with Crippen LogP contribution in [0.1, 0.15) is 0 Å². The van der Waals surface area contributed by atoms with Crippen LogP contribution < -0.4 is 0 Å². The van der Waals surface area contributed by atoms with Gasteiger partial charge in [0.15, 0.2) is 0 Å². The molecule has 1 heterocycles. The Balaban J connectivity index is 1.08. The number of benzene rings is 11. The van der Waals surface area contributed by atoms with Crippen LogP contribution in [0.5, 0.6) is 0 Å². The first-order valence-corrected chi connectivity index (χ1v) is 19.8. The van der Waals surface area contributed by atoms with Crippen LogP contribution in [0.15, 0.2) is 212 Å². The Bertz CT molecular complexity index is 3550. The van der Waals surface area contributed by atoms with Crippen molar-refractivity contribution in [2.24, 2.45) is 0 Å². The van der Waals surface area contributed by atoms with Gasteiger partial charge >= 0.3 is 0 Å². The quantitative estimate of drug-likeness (QED) is 0.160. The van der Waals surface area contributed by atoms with Gasteiger partial charge in [-0.05, 0) is 113 Å². The van der Waals surface area contributed by atoms with Gasteiger partial charge < -0.3 is 4.57 Å². The summed E-state index contributed by atoms with van der Waals surface area (Å²) in [7, 11) is 0. The van der Waals surface area contributed by atoms with E-state index in [0.717, 1.165) is 5.69 Å². The summed E-state index contributed by atoms with van der Waals surface area (Å²) >= 11 is 0. The van der Waals surface area contributed by atoms with Crippen molar-refractivity contribution in [3.63, 3.8) is 0 Å². The molecule has 1 aromatic heterocycles. The monoisotopic (exact) mass is 721 g/mol. The molecule has 1 heteroatoms. The van der Waals surface area contributed by atoms with Crippen LogP contribution in [0.4, 0.5) is 0 Å². The van der Waals surface area contributed by atoms with Gasteiger partial charge in [-0.2, -0.15) is 0 Å². The molecule has 0 amide bonds. The molecular formula is C56H35N. The van der Waals surface area contributed by atoms with Crippen LogP contribution in [-0.4, -0.2) is 4.57 Å². The molecule has 1 nitrogen and oxygen atoms in total. The maximum Gasteiger partial charge on any atom is 0.0626 e. The molecule has 0 spiro atoms. The summed E-state index contributed by atoms with van der Waals surface area (Å²) < 4.78 is 2.49. The summed E-state index contributed by atoms with van der Waals surface area (Å²) in [5, 5.41) is 15.2. The highest BCUT2D eigenvalue weighted by atomic mass is 15.0. The lowest BCUT2D eigenvalue weighted by atomic mass is 9.88. The van der Waals surface area contributed by atoms with Gasteiger partial charge in [0.2, 0.25) is 0 Å². The van der Waals surface area contributed by atoms with Crippen LogP contribution >= 0.6 is 0 Å². The molecule has 12 aromatic rings. The van der Waals surface area contributed by atoms with Crippen LogP contribution in [0.25, 0.3) is 115 Å². The zero-order valence-corrected chi connectivity index (χ0v) is 31.2. The minimum absolute atomic E-state index is 1.16. The van der Waals surface area contributed by atoms with Gasteiger partial charge in [-0.25, -0.2) is 0 Å². The largest absolute Gasteiger partial charge is 0.309 e. The number of rotatable bonds is 4. The lowest BCUT2D eigenvalue weighted by Crippen LogP contribution is -1.95. The molecule has 0 N–H and O–H groups in total. The fourth-order valence-electron chi connectivity index (χ4n) is 9.42. The van der Waals surface area contributed by atoms with E-state index in [9.17, 15) is 0 Å². The first-order chi connectivity index (χ1) is 28.3. The van der Waals surface area contributed by atoms with Gasteiger partial charge in [-0.15, -0.1) is 0 Å². The molecule has 12 rings (SSSR count). The SMILES string of the molecule is c1ccc2cc(-c3ccc(-c4cc5c6ccccc6c6c(c7ccccc7n6-c6ccc(-c7ccc8ccccc8c7)cc6)c5c5ccccc45)cc3)ccc2c1. The van der Waals surface area contributed by atoms with E-state index in [1.807, 2.05) is 0 Å². The van der Waals surface area contributed by atoms with Crippen molar-refractivity contribution >= 4 is 75.7 Å². The Labute approximate surface area is 330 Å². The third-order valence-corrected chi connectivity index (χ3v) is 12.1. The summed E-state index contributed by atoms with van der Waals surface area (Å²) in [6.07, 6.45) is 0. The lowest BCUT2D eigenvalue weighted by molar-refractivity contribution is 1.19. The van der Waals surface area contributed by atoms with Gasteiger partial charge in [-0.3, -0.25) is 0 Å². The lowest BCUT2D eigenvalue weighted by Gasteiger charge is -2.16. The van der Waals surface area contributed by atoms with Crippen molar-refractivity contribution in [2.45, 2.75) is 0 Å². The molecule has 0 saturated carbocycles. The van der Waals surface area contributed by atoms with Crippen molar-refractivity contribution < 1.29 is 0 Å². The molecule has 0 aliphatic rings. The van der Waals surface area contributed by atoms with Gasteiger partial charge in [0.05, 0.1) is 11.0 Å². The van der Waals surface area contributed by atoms with Crippen LogP contribution in [0, 0.1) is 0 Å². The fourth-order valence-corrected chi connectivity index (χ4v) is 9.42. The van der Waals surface area contributed by atoms with Crippen LogP contribution in [0.2, 0.25) is 0 Å². The van der Waals surface area contributed by atoms with Crippen molar-refractivity contribution in [1.82, 2.24) is 4.57 Å². The maximum atomic E-state index is 2.49. The standard InChI is InChI=1S/C56H35N/c1-3-13-41-33-43(27-23-36(41)11-1)38-21-25-40(26-22-38)51-35-52-47-16-6-8-18-49(47)56-55(54(52)48-17-7-5-15-46(48)51)50-19-9-10-20-53(50)57(56)45-31-29-39(30-32-45)44-28-24-37-12-2-4-14-42(37)34-44/h1-35H. The first-order valence-electron chi connectivity index (χ1n) is 19.8. The average Bonchev–Trinajstić information content (AvgIpc) is 3.64. The van der Waals surface area contributed by atoms with E-state index >= 15 is 0 Å². The maximum absolute atomic E-state index is 2.49. The van der Waals surface area contributed by atoms with Crippen molar-refractivity contribution in [3.05, 3.63) is 212 Å². The zero-order valence-electron chi connectivity index (χ0n) is 31.2. The number of hydrogen-bond acceptors (Lipinski definition) is 0. The highest BCUT2D eigenvalue weighted by Gasteiger charge is 2.21. The number of nitrogens with zero attached hydrogens (tertiary/aromatic N) is 1. The van der Waals surface area contributed by atoms with E-state index in [-0.39, 0.29) is 0 Å². The molecule has 0 unspecified atom stereocenters. The van der Waals surface area contributed by atoms with Gasteiger partial charge in [0, 0.05) is 27.2 Å². The minimum Gasteiger partial charge on any atom is -0.309 e. The molecule has 0 bridgehead atoms.